The fourth-order valence-electron chi connectivity index (χ4n) is 1.76. The van der Waals surface area contributed by atoms with Crippen molar-refractivity contribution >= 4 is 39.3 Å². The Balaban J connectivity index is 2.10. The molecule has 6 nitrogen and oxygen atoms in total. The standard InChI is InChI=1S/C12H7FN4O2S2/c1-5-7-9(20-8(5)11(18)19)16-4-17-10(7)21-12-14-2-6(13)3-15-12/h2-4H,1H3,(H,18,19). The first-order valence-corrected chi connectivity index (χ1v) is 7.32. The number of thiophene rings is 1. The Morgan fingerprint density at radius 2 is 2.00 bits per heavy atom. The average Bonchev–Trinajstić information content (AvgIpc) is 2.80. The van der Waals surface area contributed by atoms with Gasteiger partial charge in [0.1, 0.15) is 21.1 Å². The van der Waals surface area contributed by atoms with E-state index in [2.05, 4.69) is 19.9 Å². The molecule has 3 aromatic rings. The first kappa shape index (κ1) is 13.8. The third-order valence-corrected chi connectivity index (χ3v) is 4.75. The molecule has 3 rings (SSSR count). The zero-order valence-corrected chi connectivity index (χ0v) is 12.2. The molecular weight excluding hydrogens is 315 g/mol. The van der Waals surface area contributed by atoms with Gasteiger partial charge >= 0.3 is 5.97 Å². The molecule has 0 radical (unpaired) electrons. The third-order valence-electron chi connectivity index (χ3n) is 2.67. The molecule has 0 aliphatic carbocycles. The van der Waals surface area contributed by atoms with E-state index in [1.807, 2.05) is 0 Å². The predicted octanol–water partition coefficient (Wildman–Crippen LogP) is 2.78. The van der Waals surface area contributed by atoms with Crippen LogP contribution >= 0.6 is 23.1 Å². The van der Waals surface area contributed by atoms with Crippen molar-refractivity contribution in [2.75, 3.05) is 0 Å². The van der Waals surface area contributed by atoms with Crippen LogP contribution in [0.15, 0.2) is 28.9 Å². The van der Waals surface area contributed by atoms with E-state index in [0.29, 0.717) is 26.0 Å². The zero-order valence-electron chi connectivity index (χ0n) is 10.6. The topological polar surface area (TPSA) is 88.9 Å². The number of halogens is 1. The minimum absolute atomic E-state index is 0.229. The van der Waals surface area contributed by atoms with Crippen LogP contribution in [0.2, 0.25) is 0 Å². The zero-order chi connectivity index (χ0) is 15.0. The van der Waals surface area contributed by atoms with Crippen LogP contribution in [0.1, 0.15) is 15.2 Å². The number of carboxylic acids is 1. The van der Waals surface area contributed by atoms with E-state index in [9.17, 15) is 9.18 Å². The smallest absolute Gasteiger partial charge is 0.346 e. The van der Waals surface area contributed by atoms with Gasteiger partial charge in [0.2, 0.25) is 0 Å². The van der Waals surface area contributed by atoms with E-state index in [4.69, 9.17) is 5.11 Å². The lowest BCUT2D eigenvalue weighted by Crippen LogP contribution is -1.94. The molecule has 0 aromatic carbocycles. The highest BCUT2D eigenvalue weighted by Gasteiger charge is 2.19. The Labute approximate surface area is 126 Å². The maximum absolute atomic E-state index is 12.8. The summed E-state index contributed by atoms with van der Waals surface area (Å²) in [6.07, 6.45) is 3.49. The van der Waals surface area contributed by atoms with Gasteiger partial charge < -0.3 is 5.11 Å². The van der Waals surface area contributed by atoms with E-state index in [1.54, 1.807) is 6.92 Å². The first-order valence-electron chi connectivity index (χ1n) is 5.69. The third kappa shape index (κ3) is 2.57. The average molecular weight is 322 g/mol. The van der Waals surface area contributed by atoms with Gasteiger partial charge in [-0.2, -0.15) is 0 Å². The van der Waals surface area contributed by atoms with Crippen molar-refractivity contribution in [1.29, 1.82) is 0 Å². The number of aryl methyl sites for hydroxylation is 1. The molecule has 9 heteroatoms. The molecule has 0 spiro atoms. The van der Waals surface area contributed by atoms with Gasteiger partial charge in [-0.1, -0.05) is 0 Å². The first-order chi connectivity index (χ1) is 10.1. The predicted molar refractivity (Wildman–Crippen MR) is 75.2 cm³/mol. The van der Waals surface area contributed by atoms with Gasteiger partial charge in [-0.05, 0) is 24.2 Å². The van der Waals surface area contributed by atoms with Crippen molar-refractivity contribution in [3.8, 4) is 0 Å². The fourth-order valence-corrected chi connectivity index (χ4v) is 3.65. The summed E-state index contributed by atoms with van der Waals surface area (Å²) in [4.78, 5) is 28.0. The summed E-state index contributed by atoms with van der Waals surface area (Å²) in [5.41, 5.74) is 0.604. The van der Waals surface area contributed by atoms with E-state index in [1.165, 1.54) is 6.33 Å². The molecular formula is C12H7FN4O2S2. The van der Waals surface area contributed by atoms with E-state index in [-0.39, 0.29) is 4.88 Å². The summed E-state index contributed by atoms with van der Waals surface area (Å²) >= 11 is 2.23. The SMILES string of the molecule is Cc1c(C(=O)O)sc2ncnc(Sc3ncc(F)cn3)c12. The molecule has 0 fully saturated rings. The minimum Gasteiger partial charge on any atom is -0.477 e. The highest BCUT2D eigenvalue weighted by atomic mass is 32.2. The van der Waals surface area contributed by atoms with E-state index >= 15 is 0 Å². The quantitative estimate of drug-likeness (QED) is 0.586. The summed E-state index contributed by atoms with van der Waals surface area (Å²) in [7, 11) is 0. The number of fused-ring (bicyclic) bond motifs is 1. The highest BCUT2D eigenvalue weighted by molar-refractivity contribution is 7.99. The number of carboxylic acid groups (broad SMARTS) is 1. The number of aromatic carboxylic acids is 1. The van der Waals surface area contributed by atoms with E-state index in [0.717, 1.165) is 35.5 Å². The summed E-state index contributed by atoms with van der Waals surface area (Å²) in [5.74, 6) is -1.52. The van der Waals surface area contributed by atoms with Gasteiger partial charge in [-0.25, -0.2) is 29.1 Å². The molecule has 0 saturated heterocycles. The van der Waals surface area contributed by atoms with Crippen LogP contribution in [-0.2, 0) is 0 Å². The lowest BCUT2D eigenvalue weighted by atomic mass is 10.2. The molecule has 0 amide bonds. The normalized spacial score (nSPS) is 11.0. The van der Waals surface area contributed by atoms with Gasteiger partial charge in [0, 0.05) is 5.39 Å². The molecule has 0 aliphatic rings. The second-order valence-corrected chi connectivity index (χ2v) is 5.96. The largest absolute Gasteiger partial charge is 0.477 e. The lowest BCUT2D eigenvalue weighted by molar-refractivity contribution is 0.0701. The van der Waals surface area contributed by atoms with Gasteiger partial charge in [0.15, 0.2) is 11.0 Å². The van der Waals surface area contributed by atoms with Gasteiger partial charge in [0.25, 0.3) is 0 Å². The molecule has 0 saturated carbocycles. The van der Waals surface area contributed by atoms with Gasteiger partial charge in [-0.15, -0.1) is 11.3 Å². The molecule has 3 aromatic heterocycles. The van der Waals surface area contributed by atoms with Crippen molar-refractivity contribution in [3.63, 3.8) is 0 Å². The Morgan fingerprint density at radius 1 is 1.29 bits per heavy atom. The second kappa shape index (κ2) is 5.34. The Morgan fingerprint density at radius 3 is 2.67 bits per heavy atom. The summed E-state index contributed by atoms with van der Waals surface area (Å²) < 4.78 is 12.8. The van der Waals surface area contributed by atoms with Gasteiger partial charge in [-0.3, -0.25) is 0 Å². The van der Waals surface area contributed by atoms with Crippen molar-refractivity contribution < 1.29 is 14.3 Å². The highest BCUT2D eigenvalue weighted by Crippen LogP contribution is 2.36. The van der Waals surface area contributed by atoms with Crippen LogP contribution in [0.5, 0.6) is 0 Å². The number of aromatic nitrogens is 4. The van der Waals surface area contributed by atoms with Crippen LogP contribution in [0.4, 0.5) is 4.39 Å². The van der Waals surface area contributed by atoms with Crippen LogP contribution in [0.25, 0.3) is 10.2 Å². The maximum Gasteiger partial charge on any atom is 0.346 e. The van der Waals surface area contributed by atoms with Crippen LogP contribution < -0.4 is 0 Å². The molecule has 0 aliphatic heterocycles. The summed E-state index contributed by atoms with van der Waals surface area (Å²) in [6, 6.07) is 0. The molecule has 106 valence electrons. The van der Waals surface area contributed by atoms with Crippen LogP contribution in [-0.4, -0.2) is 31.0 Å². The summed E-state index contributed by atoms with van der Waals surface area (Å²) in [6.45, 7) is 1.71. The Bertz CT molecular complexity index is 835. The van der Waals surface area contributed by atoms with Crippen molar-refractivity contribution in [3.05, 3.63) is 35.0 Å². The maximum atomic E-state index is 12.8. The molecule has 0 atom stereocenters. The number of rotatable bonds is 3. The van der Waals surface area contributed by atoms with Crippen LogP contribution in [0, 0.1) is 12.7 Å². The van der Waals surface area contributed by atoms with E-state index < -0.39 is 11.8 Å². The molecule has 21 heavy (non-hydrogen) atoms. The fraction of sp³-hybridized carbons (Fsp3) is 0.0833. The Kier molecular flexibility index (Phi) is 3.52. The Hall–Kier alpha value is -2.13. The molecule has 0 bridgehead atoms. The lowest BCUT2D eigenvalue weighted by Gasteiger charge is -2.01. The van der Waals surface area contributed by atoms with Crippen molar-refractivity contribution in [1.82, 2.24) is 19.9 Å². The minimum atomic E-state index is -0.996. The summed E-state index contributed by atoms with van der Waals surface area (Å²) in [5, 5.41) is 10.7. The number of carbonyl (C=O) groups is 1. The number of hydrogen-bond donors (Lipinski definition) is 1. The van der Waals surface area contributed by atoms with Crippen molar-refractivity contribution in [2.24, 2.45) is 0 Å². The molecule has 0 unspecified atom stereocenters. The number of hydrogen-bond acceptors (Lipinski definition) is 7. The monoisotopic (exact) mass is 322 g/mol. The molecule has 1 N–H and O–H groups in total. The second-order valence-electron chi connectivity index (χ2n) is 4.01. The van der Waals surface area contributed by atoms with Crippen molar-refractivity contribution in [2.45, 2.75) is 17.1 Å². The number of nitrogens with zero attached hydrogens (tertiary/aromatic N) is 4. The van der Waals surface area contributed by atoms with Gasteiger partial charge in [0.05, 0.1) is 12.4 Å². The van der Waals surface area contributed by atoms with Crippen LogP contribution in [0.3, 0.4) is 0 Å². The molecule has 3 heterocycles.